The van der Waals surface area contributed by atoms with Crippen molar-refractivity contribution >= 4 is 23.5 Å². The molecular weight excluding hydrogens is 410 g/mol. The predicted molar refractivity (Wildman–Crippen MR) is 116 cm³/mol. The van der Waals surface area contributed by atoms with Gasteiger partial charge in [0.1, 0.15) is 23.7 Å². The zero-order valence-electron chi connectivity index (χ0n) is 18.5. The van der Waals surface area contributed by atoms with Crippen molar-refractivity contribution in [1.82, 2.24) is 20.2 Å². The minimum absolute atomic E-state index is 0.0760. The van der Waals surface area contributed by atoms with E-state index in [9.17, 15) is 19.2 Å². The molecule has 0 unspecified atom stereocenters. The first-order chi connectivity index (χ1) is 15.4. The van der Waals surface area contributed by atoms with Gasteiger partial charge < -0.3 is 20.9 Å². The molecule has 3 aliphatic rings. The lowest BCUT2D eigenvalue weighted by atomic mass is 9.89. The van der Waals surface area contributed by atoms with E-state index >= 15 is 0 Å². The second-order valence-electron chi connectivity index (χ2n) is 9.46. The summed E-state index contributed by atoms with van der Waals surface area (Å²) in [5, 5.41) is 2.87. The number of carbonyl (C=O) groups excluding carboxylic acids is 4. The molecule has 3 amide bonds. The number of ketones is 1. The molecule has 4 N–H and O–H groups in total. The Labute approximate surface area is 187 Å². The number of hydrogen-bond donors (Lipinski definition) is 3. The third kappa shape index (κ3) is 5.02. The fourth-order valence-electron chi connectivity index (χ4n) is 5.34. The van der Waals surface area contributed by atoms with Crippen molar-refractivity contribution in [2.24, 2.45) is 11.7 Å². The molecule has 4 rings (SSSR count). The Hall–Kier alpha value is -2.71. The molecule has 2 heterocycles. The normalized spacial score (nSPS) is 25.1. The van der Waals surface area contributed by atoms with Crippen LogP contribution >= 0.6 is 0 Å². The van der Waals surface area contributed by atoms with Gasteiger partial charge in [-0.3, -0.25) is 19.2 Å². The number of Topliss-reactive ketones (excluding diaryl/α,β-unsaturated/α-hetero) is 1. The Morgan fingerprint density at radius 2 is 1.94 bits per heavy atom. The first-order valence-corrected chi connectivity index (χ1v) is 11.9. The second-order valence-corrected chi connectivity index (χ2v) is 9.46. The van der Waals surface area contributed by atoms with Crippen molar-refractivity contribution in [1.29, 1.82) is 0 Å². The quantitative estimate of drug-likeness (QED) is 0.584. The van der Waals surface area contributed by atoms with Gasteiger partial charge in [0.15, 0.2) is 0 Å². The summed E-state index contributed by atoms with van der Waals surface area (Å²) in [5.74, 6) is -0.0921. The highest BCUT2D eigenvalue weighted by Gasteiger charge is 2.38. The number of carbonyl (C=O) groups is 4. The lowest BCUT2D eigenvalue weighted by Gasteiger charge is -2.28. The molecule has 32 heavy (non-hydrogen) atoms. The highest BCUT2D eigenvalue weighted by Crippen LogP contribution is 2.31. The fraction of sp³-hybridized carbons (Fsp3) is 0.696. The SMILES string of the molecule is NC(=O)[C@@H]1CCCN1C(=O)[C@H](Cc1cnc(C2CCCCC2)[nH]1)NC(=O)[C@@H]1CCC(=O)C1. The largest absolute Gasteiger partial charge is 0.368 e. The molecule has 3 atom stereocenters. The van der Waals surface area contributed by atoms with Crippen LogP contribution in [0.25, 0.3) is 0 Å². The molecule has 1 saturated heterocycles. The number of nitrogens with zero attached hydrogens (tertiary/aromatic N) is 2. The Kier molecular flexibility index (Phi) is 6.91. The zero-order valence-corrected chi connectivity index (χ0v) is 18.5. The van der Waals surface area contributed by atoms with Gasteiger partial charge in [-0.15, -0.1) is 0 Å². The molecule has 0 aromatic carbocycles. The standard InChI is InChI=1S/C23H33N5O4/c24-20(30)19-7-4-10-28(19)23(32)18(27-22(31)15-8-9-17(29)11-15)12-16-13-25-21(26-16)14-5-2-1-3-6-14/h13-15,18-19H,1-12H2,(H2,24,30)(H,25,26)(H,27,31)/t15-,18+,19+/m1/s1. The Bertz CT molecular complexity index is 875. The van der Waals surface area contributed by atoms with Gasteiger partial charge in [-0.1, -0.05) is 19.3 Å². The molecule has 1 aromatic rings. The van der Waals surface area contributed by atoms with Crippen LogP contribution in [0.2, 0.25) is 0 Å². The number of aromatic amines is 1. The topological polar surface area (TPSA) is 138 Å². The van der Waals surface area contributed by atoms with Crippen LogP contribution in [0.3, 0.4) is 0 Å². The number of nitrogens with one attached hydrogen (secondary N) is 2. The summed E-state index contributed by atoms with van der Waals surface area (Å²) in [5.41, 5.74) is 6.29. The van der Waals surface area contributed by atoms with Crippen LogP contribution in [0.4, 0.5) is 0 Å². The van der Waals surface area contributed by atoms with E-state index in [4.69, 9.17) is 5.73 Å². The number of primary amides is 1. The van der Waals surface area contributed by atoms with Crippen LogP contribution in [0.1, 0.15) is 81.6 Å². The number of aromatic nitrogens is 2. The average molecular weight is 444 g/mol. The number of imidazole rings is 1. The van der Waals surface area contributed by atoms with E-state index in [0.29, 0.717) is 38.1 Å². The Morgan fingerprint density at radius 3 is 2.62 bits per heavy atom. The van der Waals surface area contributed by atoms with Crippen molar-refractivity contribution in [2.75, 3.05) is 6.54 Å². The second kappa shape index (κ2) is 9.83. The third-order valence-corrected chi connectivity index (χ3v) is 7.16. The number of likely N-dealkylation sites (tertiary alicyclic amines) is 1. The zero-order chi connectivity index (χ0) is 22.7. The summed E-state index contributed by atoms with van der Waals surface area (Å²) in [6, 6.07) is -1.48. The predicted octanol–water partition coefficient (Wildman–Crippen LogP) is 1.33. The minimum atomic E-state index is -0.835. The van der Waals surface area contributed by atoms with E-state index in [0.717, 1.165) is 24.4 Å². The highest BCUT2D eigenvalue weighted by atomic mass is 16.2. The smallest absolute Gasteiger partial charge is 0.246 e. The van der Waals surface area contributed by atoms with Crippen LogP contribution in [0, 0.1) is 5.92 Å². The van der Waals surface area contributed by atoms with Crippen molar-refractivity contribution < 1.29 is 19.2 Å². The van der Waals surface area contributed by atoms with E-state index in [2.05, 4.69) is 15.3 Å². The summed E-state index contributed by atoms with van der Waals surface area (Å²) in [6.45, 7) is 0.441. The molecule has 2 saturated carbocycles. The van der Waals surface area contributed by atoms with Crippen molar-refractivity contribution in [3.05, 3.63) is 17.7 Å². The summed E-state index contributed by atoms with van der Waals surface area (Å²) < 4.78 is 0. The number of H-pyrrole nitrogens is 1. The van der Waals surface area contributed by atoms with Gasteiger partial charge in [0.25, 0.3) is 0 Å². The van der Waals surface area contributed by atoms with Crippen LogP contribution in [-0.4, -0.2) is 57.0 Å². The molecule has 0 spiro atoms. The van der Waals surface area contributed by atoms with E-state index in [-0.39, 0.29) is 30.4 Å². The van der Waals surface area contributed by atoms with Crippen molar-refractivity contribution in [3.8, 4) is 0 Å². The lowest BCUT2D eigenvalue weighted by molar-refractivity contribution is -0.141. The lowest BCUT2D eigenvalue weighted by Crippen LogP contribution is -2.54. The van der Waals surface area contributed by atoms with Crippen LogP contribution in [-0.2, 0) is 25.6 Å². The van der Waals surface area contributed by atoms with E-state index in [1.807, 2.05) is 0 Å². The molecule has 0 radical (unpaired) electrons. The molecule has 1 aliphatic heterocycles. The van der Waals surface area contributed by atoms with Gasteiger partial charge in [-0.2, -0.15) is 0 Å². The number of rotatable bonds is 7. The van der Waals surface area contributed by atoms with Gasteiger partial charge in [0.2, 0.25) is 17.7 Å². The first kappa shape index (κ1) is 22.5. The molecule has 0 bridgehead atoms. The fourth-order valence-corrected chi connectivity index (χ4v) is 5.34. The summed E-state index contributed by atoms with van der Waals surface area (Å²) >= 11 is 0. The number of amides is 3. The number of hydrogen-bond acceptors (Lipinski definition) is 5. The van der Waals surface area contributed by atoms with Gasteiger partial charge in [-0.25, -0.2) is 4.98 Å². The van der Waals surface area contributed by atoms with E-state index < -0.39 is 23.9 Å². The third-order valence-electron chi connectivity index (χ3n) is 7.16. The summed E-state index contributed by atoms with van der Waals surface area (Å²) in [7, 11) is 0. The van der Waals surface area contributed by atoms with Crippen molar-refractivity contribution in [3.63, 3.8) is 0 Å². The summed E-state index contributed by atoms with van der Waals surface area (Å²) in [4.78, 5) is 59.1. The van der Waals surface area contributed by atoms with E-state index in [1.165, 1.54) is 24.2 Å². The van der Waals surface area contributed by atoms with Crippen LogP contribution in [0.5, 0.6) is 0 Å². The van der Waals surface area contributed by atoms with E-state index in [1.54, 1.807) is 6.20 Å². The average Bonchev–Trinajstić information content (AvgIpc) is 3.54. The maximum absolute atomic E-state index is 13.4. The monoisotopic (exact) mass is 443 g/mol. The first-order valence-electron chi connectivity index (χ1n) is 11.9. The maximum atomic E-state index is 13.4. The maximum Gasteiger partial charge on any atom is 0.246 e. The van der Waals surface area contributed by atoms with Crippen molar-refractivity contribution in [2.45, 2.75) is 88.6 Å². The van der Waals surface area contributed by atoms with Crippen LogP contribution in [0.15, 0.2) is 6.20 Å². The van der Waals surface area contributed by atoms with Gasteiger partial charge in [0, 0.05) is 49.5 Å². The minimum Gasteiger partial charge on any atom is -0.368 e. The van der Waals surface area contributed by atoms with Gasteiger partial charge >= 0.3 is 0 Å². The molecular formula is C23H33N5O4. The van der Waals surface area contributed by atoms with Crippen LogP contribution < -0.4 is 11.1 Å². The molecule has 3 fully saturated rings. The highest BCUT2D eigenvalue weighted by molar-refractivity contribution is 5.94. The van der Waals surface area contributed by atoms with Gasteiger partial charge in [0.05, 0.1) is 0 Å². The molecule has 1 aromatic heterocycles. The molecule has 2 aliphatic carbocycles. The molecule has 174 valence electrons. The molecule has 9 heteroatoms. The van der Waals surface area contributed by atoms with Gasteiger partial charge in [-0.05, 0) is 32.1 Å². The molecule has 9 nitrogen and oxygen atoms in total. The summed E-state index contributed by atoms with van der Waals surface area (Å²) in [6.07, 6.45) is 10.2. The Balaban J connectivity index is 1.49. The number of nitrogens with two attached hydrogens (primary N) is 1. The Morgan fingerprint density at radius 1 is 1.16 bits per heavy atom.